The molecule has 57 heavy (non-hydrogen) atoms. The zero-order chi connectivity index (χ0) is 40.8. The largest absolute Gasteiger partial charge is 0.435 e. The van der Waals surface area contributed by atoms with E-state index in [0.717, 1.165) is 12.1 Å². The number of carbonyl (C=O) groups excluding carboxylic acids is 1. The van der Waals surface area contributed by atoms with Gasteiger partial charge >= 0.3 is 6.18 Å². The fraction of sp³-hybridized carbons (Fsp3) is 0.375. The Morgan fingerprint density at radius 3 is 2.47 bits per heavy atom. The molecular formula is C40H34F7N5O4S. The Balaban J connectivity index is 1.26. The van der Waals surface area contributed by atoms with Crippen molar-refractivity contribution in [3.63, 3.8) is 0 Å². The van der Waals surface area contributed by atoms with Crippen LogP contribution in [0.2, 0.25) is 0 Å². The van der Waals surface area contributed by atoms with E-state index in [4.69, 9.17) is 9.72 Å². The number of ether oxygens (including phenoxy) is 1. The van der Waals surface area contributed by atoms with Gasteiger partial charge < -0.3 is 9.84 Å². The molecular weight excluding hydrogens is 780 g/mol. The Labute approximate surface area is 321 Å². The summed E-state index contributed by atoms with van der Waals surface area (Å²) in [5, 5.41) is 19.3. The zero-order valence-electron chi connectivity index (χ0n) is 30.5. The molecule has 2 aromatic carbocycles. The number of ketones is 1. The molecule has 2 aliphatic carbocycles. The molecule has 1 N–H and O–H groups in total. The van der Waals surface area contributed by atoms with Gasteiger partial charge in [-0.15, -0.1) is 0 Å². The van der Waals surface area contributed by atoms with E-state index in [1.165, 1.54) is 6.26 Å². The molecule has 0 radical (unpaired) electrons. The van der Waals surface area contributed by atoms with Gasteiger partial charge in [-0.3, -0.25) is 18.4 Å². The van der Waals surface area contributed by atoms with Crippen LogP contribution in [0.25, 0.3) is 22.0 Å². The second-order valence-electron chi connectivity index (χ2n) is 15.3. The van der Waals surface area contributed by atoms with Crippen molar-refractivity contribution in [1.82, 2.24) is 24.5 Å². The number of hydrogen-bond acceptors (Lipinski definition) is 7. The number of carbonyl (C=O) groups is 1. The second-order valence-corrected chi connectivity index (χ2v) is 17.9. The van der Waals surface area contributed by atoms with E-state index in [-0.39, 0.29) is 48.8 Å². The summed E-state index contributed by atoms with van der Waals surface area (Å²) in [5.74, 6) is -0.276. The first-order valence-electron chi connectivity index (χ1n) is 17.8. The topological polar surface area (TPSA) is 112 Å². The number of alkyl halides is 5. The van der Waals surface area contributed by atoms with Crippen LogP contribution in [0.5, 0.6) is 0 Å². The van der Waals surface area contributed by atoms with Gasteiger partial charge in [-0.1, -0.05) is 24.1 Å². The molecule has 8 rings (SSSR count). The van der Waals surface area contributed by atoms with Crippen molar-refractivity contribution >= 4 is 32.1 Å². The van der Waals surface area contributed by atoms with Crippen molar-refractivity contribution in [3.05, 3.63) is 99.8 Å². The zero-order valence-corrected chi connectivity index (χ0v) is 31.3. The summed E-state index contributed by atoms with van der Waals surface area (Å²) < 4.78 is 122. The standard InChI is InChI=1S/C40H34F7N5O4S/c1-51-35-28(5-4-6-29(35)32(49-51)18-57(2,3)55)27-8-7-25(9-10-38(54)19-56-20-38)48-34(27)22(11-21-12-23(41)15-24(42)13-21)14-26(53)17-52-37-33(36(50-52)40(45,46)47)30-16-31(30)39(37,43)44/h4-8,12-13,15,22,30-31,54H,2,11,14,16-20H2,1,3H3/t22-,30+,31-,57?/m1/s1. The molecule has 3 aliphatic rings. The van der Waals surface area contributed by atoms with E-state index >= 15 is 8.78 Å². The number of aliphatic hydroxyl groups is 1. The predicted octanol–water partition coefficient (Wildman–Crippen LogP) is 6.28. The van der Waals surface area contributed by atoms with Crippen LogP contribution < -0.4 is 0 Å². The molecule has 1 aliphatic heterocycles. The van der Waals surface area contributed by atoms with E-state index < -0.39 is 92.3 Å². The minimum absolute atomic E-state index is 0.0385. The molecule has 3 aromatic heterocycles. The van der Waals surface area contributed by atoms with Crippen LogP contribution in [-0.4, -0.2) is 70.6 Å². The number of halogens is 7. The van der Waals surface area contributed by atoms with E-state index in [1.807, 2.05) is 0 Å². The molecule has 0 bridgehead atoms. The average Bonchev–Trinajstić information content (AvgIpc) is 3.64. The summed E-state index contributed by atoms with van der Waals surface area (Å²) in [6, 6.07) is 11.3. The number of benzene rings is 2. The molecule has 5 aromatic rings. The minimum atomic E-state index is -5.04. The molecule has 2 fully saturated rings. The Kier molecular flexibility index (Phi) is 9.21. The average molecular weight is 814 g/mol. The molecule has 0 spiro atoms. The van der Waals surface area contributed by atoms with Gasteiger partial charge in [0.25, 0.3) is 5.92 Å². The van der Waals surface area contributed by atoms with Gasteiger partial charge in [0.2, 0.25) is 0 Å². The minimum Gasteiger partial charge on any atom is -0.373 e. The van der Waals surface area contributed by atoms with Gasteiger partial charge in [0.15, 0.2) is 17.1 Å². The van der Waals surface area contributed by atoms with Crippen molar-refractivity contribution in [2.24, 2.45) is 13.0 Å². The maximum absolute atomic E-state index is 15.4. The van der Waals surface area contributed by atoms with Gasteiger partial charge in [-0.05, 0) is 69.9 Å². The predicted molar refractivity (Wildman–Crippen MR) is 196 cm³/mol. The first-order chi connectivity index (χ1) is 26.7. The maximum atomic E-state index is 15.4. The maximum Gasteiger partial charge on any atom is 0.435 e. The lowest BCUT2D eigenvalue weighted by atomic mass is 9.86. The van der Waals surface area contributed by atoms with E-state index in [2.05, 4.69) is 27.9 Å². The Morgan fingerprint density at radius 1 is 1.11 bits per heavy atom. The van der Waals surface area contributed by atoms with E-state index in [1.54, 1.807) is 42.1 Å². The highest BCUT2D eigenvalue weighted by Crippen LogP contribution is 2.68. The number of pyridine rings is 1. The second kappa shape index (κ2) is 13.5. The molecule has 1 unspecified atom stereocenters. The van der Waals surface area contributed by atoms with Crippen molar-refractivity contribution in [2.45, 2.75) is 61.1 Å². The molecule has 1 saturated carbocycles. The highest BCUT2D eigenvalue weighted by molar-refractivity contribution is 7.98. The van der Waals surface area contributed by atoms with Crippen LogP contribution in [0.1, 0.15) is 64.3 Å². The van der Waals surface area contributed by atoms with Crippen LogP contribution in [-0.2, 0) is 56.9 Å². The summed E-state index contributed by atoms with van der Waals surface area (Å²) >= 11 is 0. The fourth-order valence-electron chi connectivity index (χ4n) is 8.03. The Bertz CT molecular complexity index is 2630. The molecule has 17 heteroatoms. The number of hydrogen-bond donors (Lipinski definition) is 1. The summed E-state index contributed by atoms with van der Waals surface area (Å²) in [6.07, 6.45) is -4.42. The van der Waals surface area contributed by atoms with Crippen LogP contribution in [0.15, 0.2) is 48.5 Å². The summed E-state index contributed by atoms with van der Waals surface area (Å²) in [4.78, 5) is 18.8. The molecule has 1 saturated heterocycles. The number of Topliss-reactive ketones (excluding diaryl/α,β-unsaturated/α-hetero) is 1. The lowest BCUT2D eigenvalue weighted by Crippen LogP contribution is -2.48. The number of aryl methyl sites for hydroxylation is 1. The van der Waals surface area contributed by atoms with Crippen LogP contribution in [0.4, 0.5) is 30.7 Å². The normalized spacial score (nSPS) is 20.5. The van der Waals surface area contributed by atoms with Crippen molar-refractivity contribution in [3.8, 4) is 23.0 Å². The first kappa shape index (κ1) is 38.8. The Hall–Kier alpha value is -5.05. The summed E-state index contributed by atoms with van der Waals surface area (Å²) in [5.41, 5.74) is -1.94. The third kappa shape index (κ3) is 7.34. The van der Waals surface area contributed by atoms with Gasteiger partial charge in [0.1, 0.15) is 29.6 Å². The monoisotopic (exact) mass is 813 g/mol. The number of para-hydroxylation sites is 1. The van der Waals surface area contributed by atoms with Gasteiger partial charge in [0, 0.05) is 59.7 Å². The van der Waals surface area contributed by atoms with Crippen molar-refractivity contribution in [2.75, 3.05) is 19.5 Å². The number of nitrogens with zero attached hydrogens (tertiary/aromatic N) is 5. The lowest BCUT2D eigenvalue weighted by molar-refractivity contribution is -0.142. The van der Waals surface area contributed by atoms with Crippen LogP contribution >= 0.6 is 0 Å². The lowest BCUT2D eigenvalue weighted by Gasteiger charge is -2.30. The molecule has 4 heterocycles. The van der Waals surface area contributed by atoms with Gasteiger partial charge in [0.05, 0.1) is 35.9 Å². The fourth-order valence-corrected chi connectivity index (χ4v) is 8.82. The highest BCUT2D eigenvalue weighted by atomic mass is 32.2. The molecule has 0 amide bonds. The molecule has 9 nitrogen and oxygen atoms in total. The third-order valence-electron chi connectivity index (χ3n) is 10.5. The van der Waals surface area contributed by atoms with Gasteiger partial charge in [-0.2, -0.15) is 32.1 Å². The number of fused-ring (bicyclic) bond motifs is 4. The van der Waals surface area contributed by atoms with Crippen molar-refractivity contribution < 1.29 is 49.6 Å². The van der Waals surface area contributed by atoms with E-state index in [0.29, 0.717) is 38.5 Å². The molecule has 4 atom stereocenters. The van der Waals surface area contributed by atoms with Crippen LogP contribution in [0, 0.1) is 29.4 Å². The first-order valence-corrected chi connectivity index (χ1v) is 20.1. The smallest absolute Gasteiger partial charge is 0.373 e. The Morgan fingerprint density at radius 2 is 1.82 bits per heavy atom. The summed E-state index contributed by atoms with van der Waals surface area (Å²) in [7, 11) is -0.845. The van der Waals surface area contributed by atoms with Crippen molar-refractivity contribution in [1.29, 1.82) is 0 Å². The SMILES string of the molecule is C=S(C)(=O)Cc1nn(C)c2c(-c3ccc(C#CC4(O)COC4)nc3[C@@H](CC(=O)Cn3nc(C(F)(F)F)c4c3C(F)(F)[C@@H]3C[C@H]43)Cc3cc(F)cc(F)c3)cccc12. The summed E-state index contributed by atoms with van der Waals surface area (Å²) in [6.45, 7) is -1.02. The van der Waals surface area contributed by atoms with Gasteiger partial charge in [-0.25, -0.2) is 13.8 Å². The quantitative estimate of drug-likeness (QED) is 0.100. The van der Waals surface area contributed by atoms with E-state index in [9.17, 15) is 36.1 Å². The highest BCUT2D eigenvalue weighted by Gasteiger charge is 2.68. The third-order valence-corrected chi connectivity index (χ3v) is 11.4. The number of rotatable bonds is 10. The molecule has 298 valence electrons. The number of aromatic nitrogens is 5. The van der Waals surface area contributed by atoms with Crippen LogP contribution in [0.3, 0.4) is 0 Å².